The summed E-state index contributed by atoms with van der Waals surface area (Å²) >= 11 is 3.57. The van der Waals surface area contributed by atoms with Crippen LogP contribution in [-0.2, 0) is 0 Å². The Morgan fingerprint density at radius 1 is 1.39 bits per heavy atom. The molecular formula is C15H23BrN2. The van der Waals surface area contributed by atoms with Crippen LogP contribution in [0.2, 0.25) is 0 Å². The fraction of sp³-hybridized carbons (Fsp3) is 0.600. The molecule has 2 nitrogen and oxygen atoms in total. The molecule has 1 unspecified atom stereocenters. The molecule has 1 N–H and O–H groups in total. The van der Waals surface area contributed by atoms with Crippen LogP contribution in [0.15, 0.2) is 22.7 Å². The van der Waals surface area contributed by atoms with Gasteiger partial charge in [-0.1, -0.05) is 29.8 Å². The number of nitrogens with one attached hydrogen (secondary N) is 1. The zero-order valence-corrected chi connectivity index (χ0v) is 13.3. The number of halogens is 1. The molecule has 0 aromatic heterocycles. The Bertz CT molecular complexity index is 429. The van der Waals surface area contributed by atoms with Crippen LogP contribution in [0.5, 0.6) is 0 Å². The van der Waals surface area contributed by atoms with E-state index in [-0.39, 0.29) is 0 Å². The minimum atomic E-state index is 0.311. The highest BCUT2D eigenvalue weighted by Gasteiger charge is 2.27. The third-order valence-electron chi connectivity index (χ3n) is 3.55. The van der Waals surface area contributed by atoms with Gasteiger partial charge >= 0.3 is 0 Å². The van der Waals surface area contributed by atoms with Gasteiger partial charge in [-0.15, -0.1) is 0 Å². The van der Waals surface area contributed by atoms with Crippen LogP contribution in [0.4, 0.5) is 5.69 Å². The molecule has 1 aliphatic rings. The Kier molecular flexibility index (Phi) is 4.02. The standard InChI is InChI=1S/C15H23BrN2/c1-11-7-13(5-6-14(11)16)18-8-12(2)17-9-15(3,4)10-18/h5-7,12,17H,8-10H2,1-4H3. The number of rotatable bonds is 1. The van der Waals surface area contributed by atoms with E-state index in [4.69, 9.17) is 0 Å². The van der Waals surface area contributed by atoms with Gasteiger partial charge in [0.25, 0.3) is 0 Å². The molecule has 0 radical (unpaired) electrons. The van der Waals surface area contributed by atoms with Crippen molar-refractivity contribution in [2.75, 3.05) is 24.5 Å². The van der Waals surface area contributed by atoms with E-state index >= 15 is 0 Å². The van der Waals surface area contributed by atoms with Crippen molar-refractivity contribution in [2.45, 2.75) is 33.7 Å². The molecular weight excluding hydrogens is 288 g/mol. The fourth-order valence-electron chi connectivity index (χ4n) is 2.51. The SMILES string of the molecule is Cc1cc(N2CC(C)NCC(C)(C)C2)ccc1Br. The second-order valence-electron chi connectivity index (χ2n) is 6.26. The molecule has 18 heavy (non-hydrogen) atoms. The van der Waals surface area contributed by atoms with E-state index in [0.717, 1.165) is 19.6 Å². The van der Waals surface area contributed by atoms with Crippen molar-refractivity contribution >= 4 is 21.6 Å². The first-order valence-corrected chi connectivity index (χ1v) is 7.41. The maximum atomic E-state index is 3.61. The monoisotopic (exact) mass is 310 g/mol. The van der Waals surface area contributed by atoms with Gasteiger partial charge in [-0.3, -0.25) is 0 Å². The quantitative estimate of drug-likeness (QED) is 0.853. The molecule has 3 heteroatoms. The molecule has 0 spiro atoms. The van der Waals surface area contributed by atoms with E-state index in [1.807, 2.05) is 0 Å². The average Bonchev–Trinajstić information content (AvgIpc) is 2.42. The molecule has 0 bridgehead atoms. The van der Waals surface area contributed by atoms with E-state index in [1.165, 1.54) is 15.7 Å². The van der Waals surface area contributed by atoms with Gasteiger partial charge in [0.2, 0.25) is 0 Å². The second kappa shape index (κ2) is 5.22. The van der Waals surface area contributed by atoms with E-state index in [1.54, 1.807) is 0 Å². The molecule has 100 valence electrons. The van der Waals surface area contributed by atoms with Crippen LogP contribution in [-0.4, -0.2) is 25.7 Å². The molecule has 2 rings (SSSR count). The lowest BCUT2D eigenvalue weighted by Crippen LogP contribution is -2.35. The van der Waals surface area contributed by atoms with Gasteiger partial charge in [-0.25, -0.2) is 0 Å². The van der Waals surface area contributed by atoms with Crippen LogP contribution in [0.1, 0.15) is 26.3 Å². The van der Waals surface area contributed by atoms with Crippen molar-refractivity contribution in [3.8, 4) is 0 Å². The van der Waals surface area contributed by atoms with Crippen molar-refractivity contribution in [2.24, 2.45) is 5.41 Å². The minimum absolute atomic E-state index is 0.311. The highest BCUT2D eigenvalue weighted by atomic mass is 79.9. The largest absolute Gasteiger partial charge is 0.369 e. The van der Waals surface area contributed by atoms with Crippen LogP contribution in [0.25, 0.3) is 0 Å². The van der Waals surface area contributed by atoms with Gasteiger partial charge in [0.1, 0.15) is 0 Å². The lowest BCUT2D eigenvalue weighted by molar-refractivity contribution is 0.362. The number of nitrogens with zero attached hydrogens (tertiary/aromatic N) is 1. The molecule has 1 fully saturated rings. The van der Waals surface area contributed by atoms with Gasteiger partial charge in [-0.05, 0) is 43.0 Å². The van der Waals surface area contributed by atoms with Crippen molar-refractivity contribution in [1.82, 2.24) is 5.32 Å². The zero-order valence-electron chi connectivity index (χ0n) is 11.8. The molecule has 1 aromatic carbocycles. The minimum Gasteiger partial charge on any atom is -0.369 e. The summed E-state index contributed by atoms with van der Waals surface area (Å²) in [6, 6.07) is 7.18. The van der Waals surface area contributed by atoms with Crippen LogP contribution >= 0.6 is 15.9 Å². The van der Waals surface area contributed by atoms with E-state index in [2.05, 4.69) is 72.0 Å². The summed E-state index contributed by atoms with van der Waals surface area (Å²) in [5.74, 6) is 0. The Balaban J connectivity index is 2.26. The van der Waals surface area contributed by atoms with Crippen molar-refractivity contribution in [3.63, 3.8) is 0 Å². The average molecular weight is 311 g/mol. The van der Waals surface area contributed by atoms with E-state index in [9.17, 15) is 0 Å². The normalized spacial score (nSPS) is 23.8. The molecule has 1 aromatic rings. The number of hydrogen-bond acceptors (Lipinski definition) is 2. The summed E-state index contributed by atoms with van der Waals surface area (Å²) in [5, 5.41) is 3.61. The maximum absolute atomic E-state index is 3.61. The molecule has 1 heterocycles. The van der Waals surface area contributed by atoms with Crippen molar-refractivity contribution in [3.05, 3.63) is 28.2 Å². The van der Waals surface area contributed by atoms with Gasteiger partial charge in [0.05, 0.1) is 0 Å². The molecule has 1 atom stereocenters. The predicted octanol–water partition coefficient (Wildman–Crippen LogP) is 3.58. The van der Waals surface area contributed by atoms with Gasteiger partial charge in [0.15, 0.2) is 0 Å². The third-order valence-corrected chi connectivity index (χ3v) is 4.44. The van der Waals surface area contributed by atoms with E-state index < -0.39 is 0 Å². The first-order chi connectivity index (χ1) is 8.37. The Morgan fingerprint density at radius 2 is 2.11 bits per heavy atom. The van der Waals surface area contributed by atoms with Crippen LogP contribution < -0.4 is 10.2 Å². The Morgan fingerprint density at radius 3 is 2.78 bits per heavy atom. The van der Waals surface area contributed by atoms with Crippen LogP contribution in [0.3, 0.4) is 0 Å². The maximum Gasteiger partial charge on any atom is 0.0370 e. The summed E-state index contributed by atoms with van der Waals surface area (Å²) in [7, 11) is 0. The Labute approximate surface area is 119 Å². The fourth-order valence-corrected chi connectivity index (χ4v) is 2.75. The highest BCUT2D eigenvalue weighted by molar-refractivity contribution is 9.10. The summed E-state index contributed by atoms with van der Waals surface area (Å²) in [6.07, 6.45) is 0. The van der Waals surface area contributed by atoms with Crippen LogP contribution in [0, 0.1) is 12.3 Å². The van der Waals surface area contributed by atoms with Gasteiger partial charge in [-0.2, -0.15) is 0 Å². The number of benzene rings is 1. The molecule has 0 aliphatic carbocycles. The number of anilines is 1. The molecule has 0 amide bonds. The Hall–Kier alpha value is -0.540. The first-order valence-electron chi connectivity index (χ1n) is 6.62. The lowest BCUT2D eigenvalue weighted by Gasteiger charge is -2.31. The summed E-state index contributed by atoms with van der Waals surface area (Å²) < 4.78 is 1.19. The zero-order chi connectivity index (χ0) is 13.3. The summed E-state index contributed by atoms with van der Waals surface area (Å²) in [6.45, 7) is 12.3. The smallest absolute Gasteiger partial charge is 0.0370 e. The predicted molar refractivity (Wildman–Crippen MR) is 82.3 cm³/mol. The third kappa shape index (κ3) is 3.27. The summed E-state index contributed by atoms with van der Waals surface area (Å²) in [4.78, 5) is 2.50. The molecule has 1 aliphatic heterocycles. The van der Waals surface area contributed by atoms with Crippen molar-refractivity contribution < 1.29 is 0 Å². The van der Waals surface area contributed by atoms with Crippen molar-refractivity contribution in [1.29, 1.82) is 0 Å². The highest BCUT2D eigenvalue weighted by Crippen LogP contribution is 2.27. The topological polar surface area (TPSA) is 15.3 Å². The molecule has 1 saturated heterocycles. The first kappa shape index (κ1) is 13.9. The number of hydrogen-bond donors (Lipinski definition) is 1. The van der Waals surface area contributed by atoms with Gasteiger partial charge < -0.3 is 10.2 Å². The summed E-state index contributed by atoms with van der Waals surface area (Å²) in [5.41, 5.74) is 2.95. The molecule has 0 saturated carbocycles. The van der Waals surface area contributed by atoms with E-state index in [0.29, 0.717) is 11.5 Å². The van der Waals surface area contributed by atoms with Gasteiger partial charge in [0, 0.05) is 35.8 Å². The lowest BCUT2D eigenvalue weighted by atomic mass is 9.93. The number of aryl methyl sites for hydroxylation is 1. The second-order valence-corrected chi connectivity index (χ2v) is 7.11.